The standard InChI is InChI=1S/C17H22N6O/c1-2-22-9-11-23(12-10-22)14-6-4-3-5-13(14)21-17(24)15-16(18)20-8-7-19-15/h3-8H,2,9-12H2,1H3,(H2,18,20)(H,21,24). The van der Waals surface area contributed by atoms with E-state index in [4.69, 9.17) is 5.73 Å². The number of nitrogens with one attached hydrogen (secondary N) is 1. The van der Waals surface area contributed by atoms with Crippen molar-refractivity contribution >= 4 is 23.1 Å². The summed E-state index contributed by atoms with van der Waals surface area (Å²) in [7, 11) is 0. The van der Waals surface area contributed by atoms with Gasteiger partial charge in [0, 0.05) is 38.6 Å². The number of piperazine rings is 1. The molecule has 0 spiro atoms. The monoisotopic (exact) mass is 326 g/mol. The van der Waals surface area contributed by atoms with E-state index >= 15 is 0 Å². The van der Waals surface area contributed by atoms with E-state index in [1.165, 1.54) is 12.4 Å². The van der Waals surface area contributed by atoms with Crippen molar-refractivity contribution < 1.29 is 4.79 Å². The van der Waals surface area contributed by atoms with Crippen molar-refractivity contribution in [1.29, 1.82) is 0 Å². The maximum absolute atomic E-state index is 12.4. The Balaban J connectivity index is 1.77. The second-order valence-electron chi connectivity index (χ2n) is 5.68. The molecule has 3 rings (SSSR count). The first-order valence-corrected chi connectivity index (χ1v) is 8.13. The number of rotatable bonds is 4. The van der Waals surface area contributed by atoms with Gasteiger partial charge in [0.15, 0.2) is 11.5 Å². The number of anilines is 3. The van der Waals surface area contributed by atoms with E-state index in [1.807, 2.05) is 24.3 Å². The van der Waals surface area contributed by atoms with Crippen LogP contribution in [0.25, 0.3) is 0 Å². The predicted molar refractivity (Wildman–Crippen MR) is 95.2 cm³/mol. The number of para-hydroxylation sites is 2. The lowest BCUT2D eigenvalue weighted by molar-refractivity contribution is 0.102. The summed E-state index contributed by atoms with van der Waals surface area (Å²) in [4.78, 5) is 25.1. The zero-order chi connectivity index (χ0) is 16.9. The normalized spacial score (nSPS) is 15.3. The van der Waals surface area contributed by atoms with Gasteiger partial charge in [-0.05, 0) is 18.7 Å². The molecular formula is C17H22N6O. The number of aromatic nitrogens is 2. The van der Waals surface area contributed by atoms with Gasteiger partial charge in [-0.15, -0.1) is 0 Å². The van der Waals surface area contributed by atoms with Crippen LogP contribution in [0, 0.1) is 0 Å². The third-order valence-electron chi connectivity index (χ3n) is 4.25. The highest BCUT2D eigenvalue weighted by Crippen LogP contribution is 2.27. The number of hydrogen-bond acceptors (Lipinski definition) is 6. The lowest BCUT2D eigenvalue weighted by Crippen LogP contribution is -2.46. The van der Waals surface area contributed by atoms with Gasteiger partial charge in [0.2, 0.25) is 0 Å². The summed E-state index contributed by atoms with van der Waals surface area (Å²) >= 11 is 0. The maximum Gasteiger partial charge on any atom is 0.278 e. The predicted octanol–water partition coefficient (Wildman–Crippen LogP) is 1.45. The minimum atomic E-state index is -0.347. The Morgan fingerprint density at radius 3 is 2.58 bits per heavy atom. The number of nitrogen functional groups attached to an aromatic ring is 1. The van der Waals surface area contributed by atoms with Gasteiger partial charge in [0.05, 0.1) is 11.4 Å². The molecule has 24 heavy (non-hydrogen) atoms. The molecule has 1 aromatic heterocycles. The van der Waals surface area contributed by atoms with Crippen LogP contribution in [0.15, 0.2) is 36.7 Å². The van der Waals surface area contributed by atoms with E-state index in [-0.39, 0.29) is 17.4 Å². The smallest absolute Gasteiger partial charge is 0.278 e. The molecule has 1 aliphatic rings. The average Bonchev–Trinajstić information content (AvgIpc) is 2.62. The van der Waals surface area contributed by atoms with Gasteiger partial charge in [-0.3, -0.25) is 4.79 Å². The molecule has 0 atom stereocenters. The summed E-state index contributed by atoms with van der Waals surface area (Å²) in [6, 6.07) is 7.80. The van der Waals surface area contributed by atoms with Gasteiger partial charge in [-0.25, -0.2) is 9.97 Å². The van der Waals surface area contributed by atoms with Gasteiger partial charge < -0.3 is 20.9 Å². The summed E-state index contributed by atoms with van der Waals surface area (Å²) in [5, 5.41) is 2.91. The van der Waals surface area contributed by atoms with Crippen LogP contribution in [0.4, 0.5) is 17.2 Å². The highest BCUT2D eigenvalue weighted by atomic mass is 16.1. The number of carbonyl (C=O) groups is 1. The Labute approximate surface area is 141 Å². The average molecular weight is 326 g/mol. The molecule has 0 radical (unpaired) electrons. The van der Waals surface area contributed by atoms with Crippen molar-refractivity contribution in [3.63, 3.8) is 0 Å². The minimum absolute atomic E-state index is 0.129. The molecule has 126 valence electrons. The van der Waals surface area contributed by atoms with Crippen molar-refractivity contribution in [2.24, 2.45) is 0 Å². The summed E-state index contributed by atoms with van der Waals surface area (Å²) in [6.07, 6.45) is 2.93. The third-order valence-corrected chi connectivity index (χ3v) is 4.25. The first kappa shape index (κ1) is 16.2. The Morgan fingerprint density at radius 1 is 1.17 bits per heavy atom. The molecule has 1 amide bonds. The lowest BCUT2D eigenvalue weighted by atomic mass is 10.2. The van der Waals surface area contributed by atoms with Gasteiger partial charge in [-0.2, -0.15) is 0 Å². The van der Waals surface area contributed by atoms with Crippen molar-refractivity contribution in [1.82, 2.24) is 14.9 Å². The van der Waals surface area contributed by atoms with Gasteiger partial charge in [0.1, 0.15) is 0 Å². The molecule has 1 saturated heterocycles. The molecule has 0 unspecified atom stereocenters. The van der Waals surface area contributed by atoms with Crippen LogP contribution < -0.4 is 16.0 Å². The molecule has 0 bridgehead atoms. The van der Waals surface area contributed by atoms with E-state index in [9.17, 15) is 4.79 Å². The van der Waals surface area contributed by atoms with Gasteiger partial charge in [-0.1, -0.05) is 19.1 Å². The number of carbonyl (C=O) groups excluding carboxylic acids is 1. The van der Waals surface area contributed by atoms with Crippen LogP contribution in [0.1, 0.15) is 17.4 Å². The second-order valence-corrected chi connectivity index (χ2v) is 5.68. The van der Waals surface area contributed by atoms with E-state index in [2.05, 4.69) is 32.0 Å². The Hall–Kier alpha value is -2.67. The van der Waals surface area contributed by atoms with Crippen LogP contribution in [-0.4, -0.2) is 53.5 Å². The maximum atomic E-state index is 12.4. The highest BCUT2D eigenvalue weighted by molar-refractivity contribution is 6.07. The molecule has 3 N–H and O–H groups in total. The molecule has 0 aliphatic carbocycles. The number of benzene rings is 1. The Morgan fingerprint density at radius 2 is 1.88 bits per heavy atom. The first-order valence-electron chi connectivity index (χ1n) is 8.13. The van der Waals surface area contributed by atoms with E-state index < -0.39 is 0 Å². The number of nitrogens with zero attached hydrogens (tertiary/aromatic N) is 4. The van der Waals surface area contributed by atoms with Gasteiger partial charge >= 0.3 is 0 Å². The quantitative estimate of drug-likeness (QED) is 0.884. The number of hydrogen-bond donors (Lipinski definition) is 2. The van der Waals surface area contributed by atoms with Crippen molar-refractivity contribution in [3.05, 3.63) is 42.4 Å². The SMILES string of the molecule is CCN1CCN(c2ccccc2NC(=O)c2nccnc2N)CC1. The fourth-order valence-corrected chi connectivity index (χ4v) is 2.87. The van der Waals surface area contributed by atoms with Crippen LogP contribution in [0.3, 0.4) is 0 Å². The fourth-order valence-electron chi connectivity index (χ4n) is 2.87. The van der Waals surface area contributed by atoms with Crippen LogP contribution in [-0.2, 0) is 0 Å². The molecule has 1 aliphatic heterocycles. The largest absolute Gasteiger partial charge is 0.382 e. The van der Waals surface area contributed by atoms with E-state index in [1.54, 1.807) is 0 Å². The van der Waals surface area contributed by atoms with Crippen molar-refractivity contribution in [3.8, 4) is 0 Å². The summed E-state index contributed by atoms with van der Waals surface area (Å²) in [5.41, 5.74) is 7.66. The molecule has 0 saturated carbocycles. The van der Waals surface area contributed by atoms with Crippen LogP contribution in [0.2, 0.25) is 0 Å². The van der Waals surface area contributed by atoms with E-state index in [0.29, 0.717) is 0 Å². The Bertz CT molecular complexity index is 712. The second kappa shape index (κ2) is 7.27. The number of nitrogens with two attached hydrogens (primary N) is 1. The first-order chi connectivity index (χ1) is 11.7. The number of amides is 1. The molecule has 2 heterocycles. The molecule has 7 heteroatoms. The summed E-state index contributed by atoms with van der Waals surface area (Å²) in [5.74, 6) is -0.218. The molecule has 1 aromatic carbocycles. The summed E-state index contributed by atoms with van der Waals surface area (Å²) in [6.45, 7) is 7.17. The molecule has 7 nitrogen and oxygen atoms in total. The zero-order valence-corrected chi connectivity index (χ0v) is 13.8. The van der Waals surface area contributed by atoms with Crippen molar-refractivity contribution in [2.75, 3.05) is 48.7 Å². The molecule has 2 aromatic rings. The summed E-state index contributed by atoms with van der Waals surface area (Å²) < 4.78 is 0. The Kier molecular flexibility index (Phi) is 4.90. The topological polar surface area (TPSA) is 87.4 Å². The van der Waals surface area contributed by atoms with Crippen molar-refractivity contribution in [2.45, 2.75) is 6.92 Å². The third kappa shape index (κ3) is 3.46. The fraction of sp³-hybridized carbons (Fsp3) is 0.353. The molecular weight excluding hydrogens is 304 g/mol. The van der Waals surface area contributed by atoms with Crippen LogP contribution >= 0.6 is 0 Å². The zero-order valence-electron chi connectivity index (χ0n) is 13.8. The van der Waals surface area contributed by atoms with E-state index in [0.717, 1.165) is 44.1 Å². The minimum Gasteiger partial charge on any atom is -0.382 e. The highest BCUT2D eigenvalue weighted by Gasteiger charge is 2.20. The van der Waals surface area contributed by atoms with Gasteiger partial charge in [0.25, 0.3) is 5.91 Å². The number of likely N-dealkylation sites (N-methyl/N-ethyl adjacent to an activating group) is 1. The lowest BCUT2D eigenvalue weighted by Gasteiger charge is -2.36. The van der Waals surface area contributed by atoms with Crippen LogP contribution in [0.5, 0.6) is 0 Å². The molecule has 1 fully saturated rings.